The summed E-state index contributed by atoms with van der Waals surface area (Å²) >= 11 is 6.04. The Morgan fingerprint density at radius 2 is 2.14 bits per heavy atom. The minimum Gasteiger partial charge on any atom is -0.360 e. The van der Waals surface area contributed by atoms with Gasteiger partial charge in [-0.2, -0.15) is 0 Å². The molecule has 0 aromatic heterocycles. The van der Waals surface area contributed by atoms with Crippen LogP contribution in [0, 0.1) is 0 Å². The maximum atomic E-state index is 11.8. The fourth-order valence-corrected chi connectivity index (χ4v) is 2.81. The number of carbonyl (C=O) groups excluding carboxylic acids is 1. The van der Waals surface area contributed by atoms with Crippen LogP contribution in [0.15, 0.2) is 24.3 Å². The maximum absolute atomic E-state index is 11.8. The molecule has 2 N–H and O–H groups in total. The first kappa shape index (κ1) is 16.1. The second-order valence-electron chi connectivity index (χ2n) is 5.60. The summed E-state index contributed by atoms with van der Waals surface area (Å²) < 4.78 is 0. The van der Waals surface area contributed by atoms with E-state index in [1.54, 1.807) is 0 Å². The molecular formula is C16H25ClN3O+. The number of nitrogens with zero attached hydrogens (tertiary/aromatic N) is 1. The van der Waals surface area contributed by atoms with Crippen LogP contribution in [-0.4, -0.2) is 45.2 Å². The van der Waals surface area contributed by atoms with Crippen LogP contribution in [0.5, 0.6) is 0 Å². The number of anilines is 1. The average Bonchev–Trinajstić information content (AvgIpc) is 2.48. The fourth-order valence-electron chi connectivity index (χ4n) is 2.62. The highest BCUT2D eigenvalue weighted by Gasteiger charge is 2.22. The number of nitrogens with one attached hydrogen (secondary N) is 2. The van der Waals surface area contributed by atoms with Crippen molar-refractivity contribution in [1.82, 2.24) is 5.32 Å². The molecule has 116 valence electrons. The molecule has 1 fully saturated rings. The summed E-state index contributed by atoms with van der Waals surface area (Å²) in [4.78, 5) is 15.5. The predicted molar refractivity (Wildman–Crippen MR) is 87.1 cm³/mol. The number of hydrogen-bond donors (Lipinski definition) is 2. The summed E-state index contributed by atoms with van der Waals surface area (Å²) in [6.07, 6.45) is 2.18. The Bertz CT molecular complexity index is 459. The summed E-state index contributed by atoms with van der Waals surface area (Å²) in [5.74, 6) is 0.176. The summed E-state index contributed by atoms with van der Waals surface area (Å²) in [7, 11) is 0. The number of hydrogen-bond acceptors (Lipinski definition) is 2. The molecule has 0 atom stereocenters. The Hall–Kier alpha value is -1.26. The Kier molecular flexibility index (Phi) is 6.33. The van der Waals surface area contributed by atoms with Crippen molar-refractivity contribution in [3.05, 3.63) is 29.3 Å². The van der Waals surface area contributed by atoms with E-state index in [-0.39, 0.29) is 5.91 Å². The summed E-state index contributed by atoms with van der Waals surface area (Å²) in [5.41, 5.74) is 1.17. The van der Waals surface area contributed by atoms with Crippen molar-refractivity contribution in [3.63, 3.8) is 0 Å². The molecule has 0 saturated carbocycles. The second-order valence-corrected chi connectivity index (χ2v) is 6.03. The van der Waals surface area contributed by atoms with Gasteiger partial charge in [-0.1, -0.05) is 31.0 Å². The van der Waals surface area contributed by atoms with Crippen LogP contribution in [0.3, 0.4) is 0 Å². The van der Waals surface area contributed by atoms with Gasteiger partial charge in [0.2, 0.25) is 0 Å². The fraction of sp³-hybridized carbons (Fsp3) is 0.562. The molecule has 4 nitrogen and oxygen atoms in total. The van der Waals surface area contributed by atoms with Gasteiger partial charge in [-0.3, -0.25) is 4.79 Å². The second kappa shape index (κ2) is 8.25. The molecule has 0 spiro atoms. The topological polar surface area (TPSA) is 36.8 Å². The van der Waals surface area contributed by atoms with Gasteiger partial charge in [-0.25, -0.2) is 0 Å². The normalized spacial score (nSPS) is 16.0. The third-order valence-corrected chi connectivity index (χ3v) is 4.14. The van der Waals surface area contributed by atoms with E-state index in [0.717, 1.165) is 50.6 Å². The molecular weight excluding hydrogens is 286 g/mol. The van der Waals surface area contributed by atoms with E-state index in [4.69, 9.17) is 11.6 Å². The molecule has 1 aliphatic heterocycles. The van der Waals surface area contributed by atoms with Crippen molar-refractivity contribution in [2.75, 3.05) is 44.2 Å². The van der Waals surface area contributed by atoms with Gasteiger partial charge in [0.1, 0.15) is 0 Å². The minimum absolute atomic E-state index is 0.176. The quantitative estimate of drug-likeness (QED) is 0.768. The van der Waals surface area contributed by atoms with Crippen molar-refractivity contribution in [2.45, 2.75) is 19.8 Å². The largest absolute Gasteiger partial charge is 0.360 e. The highest BCUT2D eigenvalue weighted by atomic mass is 35.5. The standard InChI is InChI=1S/C16H24ClN3O/c1-2-3-7-18-16(21)13-19-8-10-20(11-9-19)15-6-4-5-14(17)12-15/h4-6,12H,2-3,7-11,13H2,1H3,(H,18,21)/p+1. The van der Waals surface area contributed by atoms with Crippen LogP contribution >= 0.6 is 11.6 Å². The van der Waals surface area contributed by atoms with Gasteiger partial charge in [0.15, 0.2) is 6.54 Å². The van der Waals surface area contributed by atoms with Gasteiger partial charge < -0.3 is 15.1 Å². The molecule has 5 heteroatoms. The van der Waals surface area contributed by atoms with E-state index in [2.05, 4.69) is 23.2 Å². The number of benzene rings is 1. The number of carbonyl (C=O) groups is 1. The van der Waals surface area contributed by atoms with Crippen molar-refractivity contribution in [1.29, 1.82) is 0 Å². The zero-order valence-electron chi connectivity index (χ0n) is 12.7. The van der Waals surface area contributed by atoms with Crippen molar-refractivity contribution in [2.24, 2.45) is 0 Å². The Morgan fingerprint density at radius 3 is 2.81 bits per heavy atom. The van der Waals surface area contributed by atoms with Crippen LogP contribution in [-0.2, 0) is 4.79 Å². The molecule has 1 heterocycles. The van der Waals surface area contributed by atoms with Crippen LogP contribution < -0.4 is 15.1 Å². The smallest absolute Gasteiger partial charge is 0.275 e. The zero-order chi connectivity index (χ0) is 15.1. The number of rotatable bonds is 6. The number of piperazine rings is 1. The monoisotopic (exact) mass is 310 g/mol. The average molecular weight is 311 g/mol. The van der Waals surface area contributed by atoms with E-state index >= 15 is 0 Å². The third-order valence-electron chi connectivity index (χ3n) is 3.91. The first-order valence-corrected chi connectivity index (χ1v) is 8.17. The van der Waals surface area contributed by atoms with Gasteiger partial charge in [-0.05, 0) is 24.6 Å². The SMILES string of the molecule is CCCCNC(=O)C[NH+]1CCN(c2cccc(Cl)c2)CC1. The molecule has 1 saturated heterocycles. The van der Waals surface area contributed by atoms with Gasteiger partial charge in [0.25, 0.3) is 5.91 Å². The Balaban J connectivity index is 1.74. The molecule has 0 aliphatic carbocycles. The van der Waals surface area contributed by atoms with E-state index in [1.165, 1.54) is 10.6 Å². The van der Waals surface area contributed by atoms with Crippen molar-refractivity contribution >= 4 is 23.2 Å². The Labute approximate surface area is 132 Å². The molecule has 1 aliphatic rings. The molecule has 1 aromatic carbocycles. The lowest BCUT2D eigenvalue weighted by Crippen LogP contribution is -3.15. The van der Waals surface area contributed by atoms with E-state index in [1.807, 2.05) is 18.2 Å². The highest BCUT2D eigenvalue weighted by molar-refractivity contribution is 6.30. The van der Waals surface area contributed by atoms with Crippen LogP contribution in [0.4, 0.5) is 5.69 Å². The lowest BCUT2D eigenvalue weighted by molar-refractivity contribution is -0.892. The van der Waals surface area contributed by atoms with Gasteiger partial charge in [0.05, 0.1) is 26.2 Å². The maximum Gasteiger partial charge on any atom is 0.275 e. The lowest BCUT2D eigenvalue weighted by atomic mass is 10.2. The molecule has 0 bridgehead atoms. The van der Waals surface area contributed by atoms with E-state index in [9.17, 15) is 4.79 Å². The van der Waals surface area contributed by atoms with Crippen molar-refractivity contribution in [3.8, 4) is 0 Å². The van der Waals surface area contributed by atoms with Gasteiger partial charge in [-0.15, -0.1) is 0 Å². The summed E-state index contributed by atoms with van der Waals surface area (Å²) in [5, 5.41) is 3.77. The third kappa shape index (κ3) is 5.21. The number of quaternary nitrogens is 1. The molecule has 1 amide bonds. The van der Waals surface area contributed by atoms with Gasteiger partial charge in [0, 0.05) is 17.3 Å². The van der Waals surface area contributed by atoms with Crippen molar-refractivity contribution < 1.29 is 9.69 Å². The lowest BCUT2D eigenvalue weighted by Gasteiger charge is -2.33. The number of halogens is 1. The Morgan fingerprint density at radius 1 is 1.38 bits per heavy atom. The van der Waals surface area contributed by atoms with Gasteiger partial charge >= 0.3 is 0 Å². The zero-order valence-corrected chi connectivity index (χ0v) is 13.5. The summed E-state index contributed by atoms with van der Waals surface area (Å²) in [6.45, 7) is 7.45. The highest BCUT2D eigenvalue weighted by Crippen LogP contribution is 2.19. The number of unbranched alkanes of at least 4 members (excludes halogenated alkanes) is 1. The van der Waals surface area contributed by atoms with E-state index in [0.29, 0.717) is 6.54 Å². The molecule has 0 unspecified atom stereocenters. The molecule has 1 aromatic rings. The van der Waals surface area contributed by atoms with E-state index < -0.39 is 0 Å². The predicted octanol–water partition coefficient (Wildman–Crippen LogP) is 0.961. The van der Waals surface area contributed by atoms with Crippen LogP contribution in [0.2, 0.25) is 5.02 Å². The minimum atomic E-state index is 0.176. The first-order valence-electron chi connectivity index (χ1n) is 7.80. The summed E-state index contributed by atoms with van der Waals surface area (Å²) in [6, 6.07) is 7.98. The van der Waals surface area contributed by atoms with Crippen LogP contribution in [0.25, 0.3) is 0 Å². The number of amides is 1. The molecule has 0 radical (unpaired) electrons. The molecule has 21 heavy (non-hydrogen) atoms. The first-order chi connectivity index (χ1) is 10.2. The van der Waals surface area contributed by atoms with Crippen LogP contribution in [0.1, 0.15) is 19.8 Å². The molecule has 2 rings (SSSR count).